The van der Waals surface area contributed by atoms with Gasteiger partial charge in [0.25, 0.3) is 0 Å². The Kier molecular flexibility index (Phi) is 6.07. The summed E-state index contributed by atoms with van der Waals surface area (Å²) in [5, 5.41) is 9.61. The smallest absolute Gasteiger partial charge is 0.340 e. The predicted molar refractivity (Wildman–Crippen MR) is 72.2 cm³/mol. The summed E-state index contributed by atoms with van der Waals surface area (Å²) >= 11 is 1.47. The molecule has 0 unspecified atom stereocenters. The number of carboxylic acid groups (broad SMARTS) is 1. The third-order valence-electron chi connectivity index (χ3n) is 2.65. The van der Waals surface area contributed by atoms with Gasteiger partial charge < -0.3 is 10.0 Å². The standard InChI is InChI=1S/C12H19N3O2S/c1-4-15(5-2)6-7-18-11-10(12(16)17)8-13-9(3)14-11/h8H,4-7H2,1-3H3,(H,16,17). The van der Waals surface area contributed by atoms with E-state index in [1.54, 1.807) is 6.92 Å². The first-order valence-electron chi connectivity index (χ1n) is 6.00. The van der Waals surface area contributed by atoms with E-state index in [0.717, 1.165) is 25.4 Å². The van der Waals surface area contributed by atoms with E-state index in [9.17, 15) is 4.79 Å². The first kappa shape index (κ1) is 14.9. The molecule has 1 rings (SSSR count). The van der Waals surface area contributed by atoms with Gasteiger partial charge in [0.1, 0.15) is 16.4 Å². The van der Waals surface area contributed by atoms with Crippen molar-refractivity contribution in [2.45, 2.75) is 25.8 Å². The highest BCUT2D eigenvalue weighted by Crippen LogP contribution is 2.20. The molecule has 0 spiro atoms. The monoisotopic (exact) mass is 269 g/mol. The van der Waals surface area contributed by atoms with Crippen molar-refractivity contribution in [1.82, 2.24) is 14.9 Å². The molecule has 100 valence electrons. The molecule has 1 N–H and O–H groups in total. The Bertz CT molecular complexity index is 408. The van der Waals surface area contributed by atoms with Gasteiger partial charge in [-0.25, -0.2) is 14.8 Å². The van der Waals surface area contributed by atoms with Crippen LogP contribution < -0.4 is 0 Å². The highest BCUT2D eigenvalue weighted by molar-refractivity contribution is 7.99. The van der Waals surface area contributed by atoms with Gasteiger partial charge in [-0.1, -0.05) is 13.8 Å². The number of rotatable bonds is 7. The largest absolute Gasteiger partial charge is 0.478 e. The molecule has 0 amide bonds. The van der Waals surface area contributed by atoms with Crippen molar-refractivity contribution in [3.63, 3.8) is 0 Å². The Morgan fingerprint density at radius 1 is 1.44 bits per heavy atom. The number of carboxylic acids is 1. The second-order valence-electron chi connectivity index (χ2n) is 3.82. The second-order valence-corrected chi connectivity index (χ2v) is 4.90. The zero-order valence-electron chi connectivity index (χ0n) is 11.0. The van der Waals surface area contributed by atoms with Crippen LogP contribution in [0.1, 0.15) is 30.0 Å². The SMILES string of the molecule is CCN(CC)CCSc1nc(C)ncc1C(=O)O. The third kappa shape index (κ3) is 4.27. The van der Waals surface area contributed by atoms with Crippen LogP contribution in [0.15, 0.2) is 11.2 Å². The first-order chi connectivity index (χ1) is 8.58. The maximum Gasteiger partial charge on any atom is 0.340 e. The minimum absolute atomic E-state index is 0.185. The van der Waals surface area contributed by atoms with E-state index in [2.05, 4.69) is 28.7 Å². The van der Waals surface area contributed by atoms with Gasteiger partial charge in [-0.2, -0.15) is 0 Å². The maximum atomic E-state index is 11.0. The van der Waals surface area contributed by atoms with Gasteiger partial charge in [0, 0.05) is 18.5 Å². The number of aromatic nitrogens is 2. The topological polar surface area (TPSA) is 66.3 Å². The lowest BCUT2D eigenvalue weighted by molar-refractivity contribution is 0.0691. The fourth-order valence-electron chi connectivity index (χ4n) is 1.52. The first-order valence-corrected chi connectivity index (χ1v) is 6.99. The molecule has 0 aliphatic rings. The molecular weight excluding hydrogens is 250 g/mol. The molecule has 1 heterocycles. The summed E-state index contributed by atoms with van der Waals surface area (Å²) in [7, 11) is 0. The summed E-state index contributed by atoms with van der Waals surface area (Å²) in [4.78, 5) is 21.4. The van der Waals surface area contributed by atoms with Crippen molar-refractivity contribution in [3.05, 3.63) is 17.6 Å². The summed E-state index contributed by atoms with van der Waals surface area (Å²) in [5.41, 5.74) is 0.185. The molecule has 0 radical (unpaired) electrons. The van der Waals surface area contributed by atoms with E-state index in [1.165, 1.54) is 18.0 Å². The highest BCUT2D eigenvalue weighted by Gasteiger charge is 2.13. The Labute approximate surface area is 112 Å². The van der Waals surface area contributed by atoms with Crippen molar-refractivity contribution >= 4 is 17.7 Å². The molecule has 0 atom stereocenters. The number of hydrogen-bond donors (Lipinski definition) is 1. The van der Waals surface area contributed by atoms with Gasteiger partial charge in [-0.3, -0.25) is 0 Å². The fourth-order valence-corrected chi connectivity index (χ4v) is 2.55. The number of thioether (sulfide) groups is 1. The minimum atomic E-state index is -0.972. The predicted octanol–water partition coefficient (Wildman–Crippen LogP) is 1.92. The molecule has 0 bridgehead atoms. The van der Waals surface area contributed by atoms with Crippen LogP contribution in [0.3, 0.4) is 0 Å². The van der Waals surface area contributed by atoms with E-state index in [-0.39, 0.29) is 5.56 Å². The molecular formula is C12H19N3O2S. The van der Waals surface area contributed by atoms with Gasteiger partial charge in [-0.15, -0.1) is 11.8 Å². The average molecular weight is 269 g/mol. The van der Waals surface area contributed by atoms with Crippen LogP contribution in [0.25, 0.3) is 0 Å². The van der Waals surface area contributed by atoms with Crippen molar-refractivity contribution < 1.29 is 9.90 Å². The van der Waals surface area contributed by atoms with Crippen molar-refractivity contribution in [3.8, 4) is 0 Å². The quantitative estimate of drug-likeness (QED) is 0.602. The lowest BCUT2D eigenvalue weighted by atomic mass is 10.3. The number of nitrogens with zero attached hydrogens (tertiary/aromatic N) is 3. The Hall–Kier alpha value is -1.14. The van der Waals surface area contributed by atoms with E-state index >= 15 is 0 Å². The number of hydrogen-bond acceptors (Lipinski definition) is 5. The molecule has 0 saturated heterocycles. The molecule has 0 saturated carbocycles. The Morgan fingerprint density at radius 3 is 2.67 bits per heavy atom. The number of carbonyl (C=O) groups is 1. The van der Waals surface area contributed by atoms with Crippen molar-refractivity contribution in [1.29, 1.82) is 0 Å². The summed E-state index contributed by atoms with van der Waals surface area (Å²) in [5.74, 6) is 0.462. The van der Waals surface area contributed by atoms with Crippen LogP contribution >= 0.6 is 11.8 Å². The summed E-state index contributed by atoms with van der Waals surface area (Å²) < 4.78 is 0. The zero-order valence-corrected chi connectivity index (χ0v) is 11.8. The van der Waals surface area contributed by atoms with Gasteiger partial charge in [0.15, 0.2) is 0 Å². The van der Waals surface area contributed by atoms with Gasteiger partial charge in [-0.05, 0) is 20.0 Å². The van der Waals surface area contributed by atoms with Crippen LogP contribution in [-0.4, -0.2) is 51.3 Å². The van der Waals surface area contributed by atoms with E-state index in [1.807, 2.05) is 0 Å². The van der Waals surface area contributed by atoms with Crippen LogP contribution in [0, 0.1) is 6.92 Å². The molecule has 1 aromatic rings. The number of aryl methyl sites for hydroxylation is 1. The van der Waals surface area contributed by atoms with Crippen LogP contribution in [0.4, 0.5) is 0 Å². The van der Waals surface area contributed by atoms with Gasteiger partial charge in [0.05, 0.1) is 0 Å². The van der Waals surface area contributed by atoms with Crippen LogP contribution in [0.5, 0.6) is 0 Å². The Morgan fingerprint density at radius 2 is 2.11 bits per heavy atom. The van der Waals surface area contributed by atoms with E-state index in [0.29, 0.717) is 10.9 Å². The van der Waals surface area contributed by atoms with E-state index in [4.69, 9.17) is 5.11 Å². The maximum absolute atomic E-state index is 11.0. The van der Waals surface area contributed by atoms with Gasteiger partial charge in [0.2, 0.25) is 0 Å². The van der Waals surface area contributed by atoms with Crippen molar-refractivity contribution in [2.24, 2.45) is 0 Å². The lowest BCUT2D eigenvalue weighted by Gasteiger charge is -2.17. The lowest BCUT2D eigenvalue weighted by Crippen LogP contribution is -2.25. The minimum Gasteiger partial charge on any atom is -0.478 e. The second kappa shape index (κ2) is 7.33. The summed E-state index contributed by atoms with van der Waals surface area (Å²) in [6, 6.07) is 0. The third-order valence-corrected chi connectivity index (χ3v) is 3.62. The molecule has 0 aliphatic carbocycles. The molecule has 0 fully saturated rings. The fraction of sp³-hybridized carbons (Fsp3) is 0.583. The van der Waals surface area contributed by atoms with Crippen LogP contribution in [-0.2, 0) is 0 Å². The molecule has 0 aliphatic heterocycles. The normalized spacial score (nSPS) is 10.9. The Balaban J connectivity index is 2.66. The van der Waals surface area contributed by atoms with Crippen LogP contribution in [0.2, 0.25) is 0 Å². The molecule has 5 nitrogen and oxygen atoms in total. The molecule has 0 aromatic carbocycles. The van der Waals surface area contributed by atoms with Gasteiger partial charge >= 0.3 is 5.97 Å². The number of aromatic carboxylic acids is 1. The summed E-state index contributed by atoms with van der Waals surface area (Å²) in [6.07, 6.45) is 1.38. The van der Waals surface area contributed by atoms with Crippen molar-refractivity contribution in [2.75, 3.05) is 25.4 Å². The molecule has 18 heavy (non-hydrogen) atoms. The van der Waals surface area contributed by atoms with E-state index < -0.39 is 5.97 Å². The highest BCUT2D eigenvalue weighted by atomic mass is 32.2. The zero-order chi connectivity index (χ0) is 13.5. The summed E-state index contributed by atoms with van der Waals surface area (Å²) in [6.45, 7) is 8.94. The average Bonchev–Trinajstić information content (AvgIpc) is 2.34. The molecule has 1 aromatic heterocycles. The molecule has 6 heteroatoms.